The first-order chi connectivity index (χ1) is 7.84. The summed E-state index contributed by atoms with van der Waals surface area (Å²) in [4.78, 5) is 14.2. The minimum Gasteiger partial charge on any atom is -0.385 e. The van der Waals surface area contributed by atoms with E-state index in [4.69, 9.17) is 4.74 Å². The molecule has 0 bridgehead atoms. The van der Waals surface area contributed by atoms with Crippen molar-refractivity contribution in [2.45, 2.75) is 46.1 Å². The average molecular weight is 242 g/mol. The predicted molar refractivity (Wildman–Crippen MR) is 68.7 cm³/mol. The van der Waals surface area contributed by atoms with E-state index < -0.39 is 0 Å². The van der Waals surface area contributed by atoms with Crippen molar-refractivity contribution in [2.75, 3.05) is 26.9 Å². The first-order valence-electron chi connectivity index (χ1n) is 6.38. The molecule has 1 fully saturated rings. The van der Waals surface area contributed by atoms with Crippen molar-refractivity contribution in [3.8, 4) is 0 Å². The Hall–Kier alpha value is -0.610. The van der Waals surface area contributed by atoms with Crippen LogP contribution in [0.3, 0.4) is 0 Å². The molecule has 1 saturated heterocycles. The molecule has 0 aromatic rings. The Morgan fingerprint density at radius 1 is 1.53 bits per heavy atom. The highest BCUT2D eigenvalue weighted by Crippen LogP contribution is 2.26. The van der Waals surface area contributed by atoms with Crippen LogP contribution in [0.1, 0.15) is 40.5 Å². The SMILES string of the molecule is CCC1(C)NCN(CC(C)(C)CCOC)C1=O. The van der Waals surface area contributed by atoms with Crippen LogP contribution in [0.25, 0.3) is 0 Å². The number of nitrogens with one attached hydrogen (secondary N) is 1. The molecule has 4 nitrogen and oxygen atoms in total. The van der Waals surface area contributed by atoms with Crippen molar-refractivity contribution >= 4 is 5.91 Å². The quantitative estimate of drug-likeness (QED) is 0.769. The minimum atomic E-state index is -0.364. The fourth-order valence-electron chi connectivity index (χ4n) is 2.14. The molecule has 1 rings (SSSR count). The molecule has 1 aliphatic rings. The Labute approximate surface area is 105 Å². The smallest absolute Gasteiger partial charge is 0.243 e. The van der Waals surface area contributed by atoms with Crippen molar-refractivity contribution in [1.29, 1.82) is 0 Å². The maximum atomic E-state index is 12.2. The van der Waals surface area contributed by atoms with E-state index in [0.29, 0.717) is 6.67 Å². The second-order valence-electron chi connectivity index (χ2n) is 5.93. The van der Waals surface area contributed by atoms with E-state index >= 15 is 0 Å². The zero-order valence-corrected chi connectivity index (χ0v) is 11.8. The van der Waals surface area contributed by atoms with Gasteiger partial charge in [-0.05, 0) is 25.2 Å². The van der Waals surface area contributed by atoms with Crippen LogP contribution in [0.15, 0.2) is 0 Å². The molecular formula is C13H26N2O2. The highest BCUT2D eigenvalue weighted by Gasteiger charge is 2.42. The number of hydrogen-bond donors (Lipinski definition) is 1. The first-order valence-corrected chi connectivity index (χ1v) is 6.38. The molecule has 1 atom stereocenters. The number of carbonyl (C=O) groups excluding carboxylic acids is 1. The van der Waals surface area contributed by atoms with Crippen LogP contribution in [0.4, 0.5) is 0 Å². The third-order valence-electron chi connectivity index (χ3n) is 3.73. The average Bonchev–Trinajstić information content (AvgIpc) is 2.55. The lowest BCUT2D eigenvalue weighted by Crippen LogP contribution is -2.44. The first kappa shape index (κ1) is 14.5. The summed E-state index contributed by atoms with van der Waals surface area (Å²) in [5.74, 6) is 0.227. The van der Waals surface area contributed by atoms with Crippen LogP contribution in [0.2, 0.25) is 0 Å². The van der Waals surface area contributed by atoms with E-state index in [0.717, 1.165) is 26.0 Å². The molecule has 0 aliphatic carbocycles. The summed E-state index contributed by atoms with van der Waals surface area (Å²) in [7, 11) is 1.72. The Balaban J connectivity index is 2.56. The van der Waals surface area contributed by atoms with E-state index in [2.05, 4.69) is 19.2 Å². The molecule has 0 saturated carbocycles. The number of carbonyl (C=O) groups is 1. The third kappa shape index (κ3) is 3.42. The zero-order valence-electron chi connectivity index (χ0n) is 11.8. The van der Waals surface area contributed by atoms with Gasteiger partial charge in [-0.1, -0.05) is 20.8 Å². The van der Waals surface area contributed by atoms with Crippen LogP contribution in [-0.4, -0.2) is 43.3 Å². The van der Waals surface area contributed by atoms with E-state index in [1.54, 1.807) is 7.11 Å². The molecule has 0 aromatic heterocycles. The van der Waals surface area contributed by atoms with E-state index in [1.807, 2.05) is 18.7 Å². The Bertz CT molecular complexity index is 279. The van der Waals surface area contributed by atoms with Gasteiger partial charge in [0, 0.05) is 20.3 Å². The van der Waals surface area contributed by atoms with Gasteiger partial charge < -0.3 is 9.64 Å². The van der Waals surface area contributed by atoms with Gasteiger partial charge in [0.25, 0.3) is 0 Å². The normalized spacial score (nSPS) is 25.7. The van der Waals surface area contributed by atoms with Crippen LogP contribution < -0.4 is 5.32 Å². The summed E-state index contributed by atoms with van der Waals surface area (Å²) in [6.07, 6.45) is 1.80. The molecule has 1 aliphatic heterocycles. The summed E-state index contributed by atoms with van der Waals surface area (Å²) in [5.41, 5.74) is -0.260. The molecule has 1 amide bonds. The number of methoxy groups -OCH3 is 1. The number of rotatable bonds is 6. The monoisotopic (exact) mass is 242 g/mol. The topological polar surface area (TPSA) is 41.6 Å². The highest BCUT2D eigenvalue weighted by molar-refractivity contribution is 5.87. The van der Waals surface area contributed by atoms with Crippen LogP contribution in [-0.2, 0) is 9.53 Å². The lowest BCUT2D eigenvalue weighted by atomic mass is 9.88. The van der Waals surface area contributed by atoms with Gasteiger partial charge in [-0.25, -0.2) is 0 Å². The second kappa shape index (κ2) is 5.36. The summed E-state index contributed by atoms with van der Waals surface area (Å²) in [6, 6.07) is 0. The molecule has 0 spiro atoms. The number of nitrogens with zero attached hydrogens (tertiary/aromatic N) is 1. The second-order valence-corrected chi connectivity index (χ2v) is 5.93. The van der Waals surface area contributed by atoms with Crippen LogP contribution in [0, 0.1) is 5.41 Å². The lowest BCUT2D eigenvalue weighted by Gasteiger charge is -2.30. The molecule has 0 aromatic carbocycles. The van der Waals surface area contributed by atoms with Crippen molar-refractivity contribution < 1.29 is 9.53 Å². The molecule has 4 heteroatoms. The fourth-order valence-corrected chi connectivity index (χ4v) is 2.14. The maximum Gasteiger partial charge on any atom is 0.243 e. The Morgan fingerprint density at radius 2 is 2.18 bits per heavy atom. The molecule has 1 heterocycles. The fraction of sp³-hybridized carbons (Fsp3) is 0.923. The summed E-state index contributed by atoms with van der Waals surface area (Å²) in [6.45, 7) is 10.6. The Morgan fingerprint density at radius 3 is 2.65 bits per heavy atom. The van der Waals surface area contributed by atoms with Crippen molar-refractivity contribution in [3.05, 3.63) is 0 Å². The van der Waals surface area contributed by atoms with Crippen LogP contribution in [0.5, 0.6) is 0 Å². The summed E-state index contributed by atoms with van der Waals surface area (Å²) in [5, 5.41) is 3.31. The van der Waals surface area contributed by atoms with Gasteiger partial charge in [-0.15, -0.1) is 0 Å². The van der Waals surface area contributed by atoms with Gasteiger partial charge >= 0.3 is 0 Å². The van der Waals surface area contributed by atoms with Gasteiger partial charge in [0.05, 0.1) is 12.2 Å². The zero-order chi connectivity index (χ0) is 13.1. The Kier molecular flexibility index (Phi) is 4.55. The van der Waals surface area contributed by atoms with Gasteiger partial charge in [0.1, 0.15) is 0 Å². The lowest BCUT2D eigenvalue weighted by molar-refractivity contribution is -0.133. The van der Waals surface area contributed by atoms with Crippen LogP contribution >= 0.6 is 0 Å². The van der Waals surface area contributed by atoms with Gasteiger partial charge in [0.2, 0.25) is 5.91 Å². The molecule has 100 valence electrons. The summed E-state index contributed by atoms with van der Waals surface area (Å²) >= 11 is 0. The van der Waals surface area contributed by atoms with Gasteiger partial charge in [-0.3, -0.25) is 10.1 Å². The molecule has 17 heavy (non-hydrogen) atoms. The minimum absolute atomic E-state index is 0.104. The van der Waals surface area contributed by atoms with Crippen molar-refractivity contribution in [3.63, 3.8) is 0 Å². The predicted octanol–water partition coefficient (Wildman–Crippen LogP) is 1.61. The third-order valence-corrected chi connectivity index (χ3v) is 3.73. The highest BCUT2D eigenvalue weighted by atomic mass is 16.5. The van der Waals surface area contributed by atoms with E-state index in [-0.39, 0.29) is 16.9 Å². The number of ether oxygens (including phenoxy) is 1. The largest absolute Gasteiger partial charge is 0.385 e. The number of amides is 1. The molecule has 0 radical (unpaired) electrons. The molecular weight excluding hydrogens is 216 g/mol. The molecule has 1 unspecified atom stereocenters. The van der Waals surface area contributed by atoms with E-state index in [1.165, 1.54) is 0 Å². The van der Waals surface area contributed by atoms with Crippen molar-refractivity contribution in [2.24, 2.45) is 5.41 Å². The van der Waals surface area contributed by atoms with Gasteiger partial charge in [-0.2, -0.15) is 0 Å². The standard InChI is InChI=1S/C13H26N2O2/c1-6-13(4)11(16)15(10-14-13)9-12(2,3)7-8-17-5/h14H,6-10H2,1-5H3. The van der Waals surface area contributed by atoms with Gasteiger partial charge in [0.15, 0.2) is 0 Å². The summed E-state index contributed by atoms with van der Waals surface area (Å²) < 4.78 is 5.11. The number of hydrogen-bond acceptors (Lipinski definition) is 3. The maximum absolute atomic E-state index is 12.2. The van der Waals surface area contributed by atoms with Crippen molar-refractivity contribution in [1.82, 2.24) is 10.2 Å². The molecule has 1 N–H and O–H groups in total. The van der Waals surface area contributed by atoms with E-state index in [9.17, 15) is 4.79 Å².